The third-order valence-corrected chi connectivity index (χ3v) is 3.28. The van der Waals surface area contributed by atoms with Crippen LogP contribution in [0.5, 0.6) is 0 Å². The van der Waals surface area contributed by atoms with Crippen molar-refractivity contribution in [2.45, 2.75) is 19.4 Å². The van der Waals surface area contributed by atoms with Gasteiger partial charge in [-0.1, -0.05) is 6.07 Å². The SMILES string of the molecule is CNC(CSC)Cc1ccc(F)cc1C. The van der Waals surface area contributed by atoms with Crippen LogP contribution in [0.2, 0.25) is 0 Å². The third kappa shape index (κ3) is 3.84. The smallest absolute Gasteiger partial charge is 0.123 e. The van der Waals surface area contributed by atoms with Gasteiger partial charge in [0.15, 0.2) is 0 Å². The summed E-state index contributed by atoms with van der Waals surface area (Å²) in [6, 6.07) is 5.48. The van der Waals surface area contributed by atoms with Crippen LogP contribution in [0.3, 0.4) is 0 Å². The number of nitrogens with one attached hydrogen (secondary N) is 1. The number of hydrogen-bond donors (Lipinski definition) is 1. The third-order valence-electron chi connectivity index (χ3n) is 2.55. The molecular weight excluding hydrogens is 209 g/mol. The molecule has 0 saturated heterocycles. The van der Waals surface area contributed by atoms with E-state index in [4.69, 9.17) is 0 Å². The Morgan fingerprint density at radius 2 is 2.20 bits per heavy atom. The van der Waals surface area contributed by atoms with Crippen LogP contribution in [-0.4, -0.2) is 25.1 Å². The summed E-state index contributed by atoms with van der Waals surface area (Å²) in [6.45, 7) is 1.96. The zero-order valence-electron chi connectivity index (χ0n) is 9.51. The van der Waals surface area contributed by atoms with Crippen LogP contribution in [0.1, 0.15) is 11.1 Å². The van der Waals surface area contributed by atoms with E-state index in [2.05, 4.69) is 11.6 Å². The van der Waals surface area contributed by atoms with Crippen molar-refractivity contribution in [1.82, 2.24) is 5.32 Å². The first-order valence-electron chi connectivity index (χ1n) is 5.08. The molecule has 1 rings (SSSR count). The highest BCUT2D eigenvalue weighted by Gasteiger charge is 2.08. The molecule has 0 heterocycles. The fourth-order valence-corrected chi connectivity index (χ4v) is 2.29. The second-order valence-electron chi connectivity index (χ2n) is 3.72. The molecule has 0 aliphatic heterocycles. The van der Waals surface area contributed by atoms with E-state index in [0.717, 1.165) is 17.7 Å². The predicted octanol–water partition coefficient (Wildman–Crippen LogP) is 2.63. The second kappa shape index (κ2) is 6.13. The lowest BCUT2D eigenvalue weighted by Crippen LogP contribution is -2.30. The highest BCUT2D eigenvalue weighted by atomic mass is 32.2. The molecule has 3 heteroatoms. The van der Waals surface area contributed by atoms with Gasteiger partial charge < -0.3 is 5.32 Å². The minimum absolute atomic E-state index is 0.151. The molecule has 0 fully saturated rings. The van der Waals surface area contributed by atoms with Gasteiger partial charge in [0.2, 0.25) is 0 Å². The Morgan fingerprint density at radius 1 is 1.47 bits per heavy atom. The summed E-state index contributed by atoms with van der Waals surface area (Å²) in [5.74, 6) is 0.926. The Bertz CT molecular complexity index is 314. The first-order valence-corrected chi connectivity index (χ1v) is 6.48. The zero-order valence-corrected chi connectivity index (χ0v) is 10.3. The van der Waals surface area contributed by atoms with Gasteiger partial charge >= 0.3 is 0 Å². The number of benzene rings is 1. The summed E-state index contributed by atoms with van der Waals surface area (Å²) < 4.78 is 12.9. The molecule has 0 saturated carbocycles. The maximum atomic E-state index is 12.9. The van der Waals surface area contributed by atoms with Crippen LogP contribution in [0.15, 0.2) is 18.2 Å². The van der Waals surface area contributed by atoms with Crippen LogP contribution >= 0.6 is 11.8 Å². The van der Waals surface area contributed by atoms with Crippen molar-refractivity contribution < 1.29 is 4.39 Å². The van der Waals surface area contributed by atoms with Crippen molar-refractivity contribution in [3.63, 3.8) is 0 Å². The van der Waals surface area contributed by atoms with Crippen molar-refractivity contribution in [3.8, 4) is 0 Å². The number of halogens is 1. The van der Waals surface area contributed by atoms with Crippen molar-refractivity contribution >= 4 is 11.8 Å². The van der Waals surface area contributed by atoms with Crippen molar-refractivity contribution in [3.05, 3.63) is 35.1 Å². The van der Waals surface area contributed by atoms with Crippen LogP contribution < -0.4 is 5.32 Å². The molecule has 0 aliphatic rings. The molecule has 0 bridgehead atoms. The largest absolute Gasteiger partial charge is 0.316 e. The lowest BCUT2D eigenvalue weighted by molar-refractivity contribution is 0.607. The lowest BCUT2D eigenvalue weighted by atomic mass is 10.0. The van der Waals surface area contributed by atoms with Gasteiger partial charge in [-0.05, 0) is 49.9 Å². The summed E-state index contributed by atoms with van der Waals surface area (Å²) in [5.41, 5.74) is 2.26. The Morgan fingerprint density at radius 3 is 2.73 bits per heavy atom. The van der Waals surface area contributed by atoms with E-state index >= 15 is 0 Å². The second-order valence-corrected chi connectivity index (χ2v) is 4.63. The Kier molecular flexibility index (Phi) is 5.12. The standard InChI is InChI=1S/C12H18FNS/c1-9-6-11(13)5-4-10(9)7-12(14-2)8-15-3/h4-6,12,14H,7-8H2,1-3H3. The van der Waals surface area contributed by atoms with Crippen molar-refractivity contribution in [2.75, 3.05) is 19.1 Å². The molecule has 1 aromatic rings. The minimum Gasteiger partial charge on any atom is -0.316 e. The summed E-state index contributed by atoms with van der Waals surface area (Å²) in [5, 5.41) is 3.28. The van der Waals surface area contributed by atoms with E-state index in [1.54, 1.807) is 6.07 Å². The number of aryl methyl sites for hydroxylation is 1. The number of thioether (sulfide) groups is 1. The lowest BCUT2D eigenvalue weighted by Gasteiger charge is -2.16. The van der Waals surface area contributed by atoms with Crippen LogP contribution in [0, 0.1) is 12.7 Å². The van der Waals surface area contributed by atoms with E-state index in [1.165, 1.54) is 11.6 Å². The normalized spacial score (nSPS) is 12.8. The maximum Gasteiger partial charge on any atom is 0.123 e. The molecule has 1 aromatic carbocycles. The van der Waals surface area contributed by atoms with E-state index in [1.807, 2.05) is 31.8 Å². The Balaban J connectivity index is 2.70. The molecule has 1 atom stereocenters. The predicted molar refractivity (Wildman–Crippen MR) is 66.1 cm³/mol. The van der Waals surface area contributed by atoms with Gasteiger partial charge in [-0.25, -0.2) is 4.39 Å². The maximum absolute atomic E-state index is 12.9. The van der Waals surface area contributed by atoms with E-state index in [0.29, 0.717) is 6.04 Å². The molecule has 1 nitrogen and oxygen atoms in total. The molecule has 1 unspecified atom stereocenters. The van der Waals surface area contributed by atoms with Crippen molar-refractivity contribution in [1.29, 1.82) is 0 Å². The molecule has 1 N–H and O–H groups in total. The quantitative estimate of drug-likeness (QED) is 0.830. The minimum atomic E-state index is -0.151. The molecule has 84 valence electrons. The summed E-state index contributed by atoms with van der Waals surface area (Å²) in [6.07, 6.45) is 3.06. The summed E-state index contributed by atoms with van der Waals surface area (Å²) in [4.78, 5) is 0. The van der Waals surface area contributed by atoms with Gasteiger partial charge in [0, 0.05) is 11.8 Å². The summed E-state index contributed by atoms with van der Waals surface area (Å²) in [7, 11) is 1.97. The number of rotatable bonds is 5. The van der Waals surface area contributed by atoms with Gasteiger partial charge in [-0.3, -0.25) is 0 Å². The number of likely N-dealkylation sites (N-methyl/N-ethyl adjacent to an activating group) is 1. The monoisotopic (exact) mass is 227 g/mol. The average molecular weight is 227 g/mol. The highest BCUT2D eigenvalue weighted by molar-refractivity contribution is 7.98. The zero-order chi connectivity index (χ0) is 11.3. The van der Waals surface area contributed by atoms with Crippen LogP contribution in [0.25, 0.3) is 0 Å². The number of hydrogen-bond acceptors (Lipinski definition) is 2. The Hall–Kier alpha value is -0.540. The first-order chi connectivity index (χ1) is 7.17. The summed E-state index contributed by atoms with van der Waals surface area (Å²) >= 11 is 1.83. The van der Waals surface area contributed by atoms with Gasteiger partial charge in [0.05, 0.1) is 0 Å². The van der Waals surface area contributed by atoms with Gasteiger partial charge in [-0.15, -0.1) is 0 Å². The first kappa shape index (κ1) is 12.5. The Labute approximate surface area is 95.5 Å². The molecule has 0 radical (unpaired) electrons. The highest BCUT2D eigenvalue weighted by Crippen LogP contribution is 2.13. The van der Waals surface area contributed by atoms with Crippen LogP contribution in [0.4, 0.5) is 4.39 Å². The molecule has 0 aromatic heterocycles. The molecule has 15 heavy (non-hydrogen) atoms. The van der Waals surface area contributed by atoms with Crippen molar-refractivity contribution in [2.24, 2.45) is 0 Å². The van der Waals surface area contributed by atoms with Gasteiger partial charge in [0.1, 0.15) is 5.82 Å². The fraction of sp³-hybridized carbons (Fsp3) is 0.500. The topological polar surface area (TPSA) is 12.0 Å². The van der Waals surface area contributed by atoms with E-state index in [-0.39, 0.29) is 5.82 Å². The molecular formula is C12H18FNS. The van der Waals surface area contributed by atoms with E-state index < -0.39 is 0 Å². The fourth-order valence-electron chi connectivity index (χ4n) is 1.60. The molecule has 0 aliphatic carbocycles. The average Bonchev–Trinajstić information content (AvgIpc) is 2.21. The molecule has 0 spiro atoms. The van der Waals surface area contributed by atoms with Gasteiger partial charge in [0.25, 0.3) is 0 Å². The van der Waals surface area contributed by atoms with Crippen LogP contribution in [-0.2, 0) is 6.42 Å². The van der Waals surface area contributed by atoms with E-state index in [9.17, 15) is 4.39 Å². The van der Waals surface area contributed by atoms with Gasteiger partial charge in [-0.2, -0.15) is 11.8 Å². The molecule has 0 amide bonds.